The summed E-state index contributed by atoms with van der Waals surface area (Å²) in [5, 5.41) is 4.90. The van der Waals surface area contributed by atoms with Crippen LogP contribution in [0.15, 0.2) is 58.8 Å². The molecule has 2 aliphatic rings. The van der Waals surface area contributed by atoms with E-state index in [1.807, 2.05) is 0 Å². The molecule has 18 heteroatoms. The molecule has 2 aliphatic heterocycles. The Morgan fingerprint density at radius 2 is 0.952 bits per heavy atom. The number of carbonyl (C=O) groups excluding carboxylic acids is 2. The number of rotatable bonds is 8. The largest absolute Gasteiger partial charge is 0.379 e. The summed E-state index contributed by atoms with van der Waals surface area (Å²) in [6, 6.07) is 5.90. The summed E-state index contributed by atoms with van der Waals surface area (Å²) in [7, 11) is -7.63. The molecular weight excluding hydrogens is 592 g/mol. The average molecular weight is 619 g/mol. The molecule has 2 aromatic heterocycles. The van der Waals surface area contributed by atoms with Crippen LogP contribution in [0.3, 0.4) is 0 Å². The Balaban J connectivity index is 1.25. The monoisotopic (exact) mass is 618 g/mol. The van der Waals surface area contributed by atoms with Crippen molar-refractivity contribution in [3.63, 3.8) is 0 Å². The van der Waals surface area contributed by atoms with Gasteiger partial charge in [0, 0.05) is 26.2 Å². The fraction of sp³-hybridized carbons (Fsp3) is 0.333. The van der Waals surface area contributed by atoms with Crippen molar-refractivity contribution >= 4 is 43.8 Å². The summed E-state index contributed by atoms with van der Waals surface area (Å²) in [6.45, 7) is 1.99. The molecule has 0 atom stereocenters. The summed E-state index contributed by atoms with van der Waals surface area (Å²) in [6.07, 6.45) is 4.36. The molecule has 2 N–H and O–H groups in total. The Bertz CT molecular complexity index is 1530. The van der Waals surface area contributed by atoms with Crippen LogP contribution < -0.4 is 10.6 Å². The lowest BCUT2D eigenvalue weighted by molar-refractivity contribution is 0.0730. The number of benzene rings is 1. The van der Waals surface area contributed by atoms with Gasteiger partial charge in [-0.3, -0.25) is 20.2 Å². The Labute approximate surface area is 241 Å². The van der Waals surface area contributed by atoms with Crippen LogP contribution in [0.5, 0.6) is 0 Å². The maximum Gasteiger partial charge on any atom is 0.258 e. The van der Waals surface area contributed by atoms with Crippen LogP contribution in [0.2, 0.25) is 0 Å². The molecule has 2 fully saturated rings. The summed E-state index contributed by atoms with van der Waals surface area (Å²) in [5.74, 6) is -1.79. The molecule has 4 heterocycles. The van der Waals surface area contributed by atoms with E-state index in [-0.39, 0.29) is 85.4 Å². The van der Waals surface area contributed by atoms with Crippen LogP contribution in [-0.2, 0) is 29.5 Å². The van der Waals surface area contributed by atoms with Crippen molar-refractivity contribution in [2.75, 3.05) is 63.2 Å². The number of carbonyl (C=O) groups is 2. The lowest BCUT2D eigenvalue weighted by Gasteiger charge is -2.25. The van der Waals surface area contributed by atoms with Gasteiger partial charge in [-0.2, -0.15) is 8.61 Å². The van der Waals surface area contributed by atoms with Crippen LogP contribution in [0.4, 0.5) is 11.9 Å². The Morgan fingerprint density at radius 1 is 0.619 bits per heavy atom. The van der Waals surface area contributed by atoms with E-state index >= 15 is 0 Å². The third-order valence-corrected chi connectivity index (χ3v) is 10.0. The van der Waals surface area contributed by atoms with Gasteiger partial charge in [-0.15, -0.1) is 0 Å². The number of hydrogen-bond acceptors (Lipinski definition) is 12. The fourth-order valence-corrected chi connectivity index (χ4v) is 6.72. The SMILES string of the molecule is O=C(Nc1ncc(S(=O)(=O)N2CCOCC2)cn1)c1ccccc1C(=O)Nc1ncc(S(=O)(=O)N2CCOCC2)cn1. The first-order chi connectivity index (χ1) is 20.2. The van der Waals surface area contributed by atoms with E-state index in [1.54, 1.807) is 12.1 Å². The molecule has 0 spiro atoms. The zero-order valence-electron chi connectivity index (χ0n) is 22.0. The third-order valence-electron chi connectivity index (χ3n) is 6.34. The smallest absolute Gasteiger partial charge is 0.258 e. The summed E-state index contributed by atoms with van der Waals surface area (Å²) in [5.41, 5.74) is -0.0646. The van der Waals surface area contributed by atoms with Crippen molar-refractivity contribution in [2.45, 2.75) is 9.79 Å². The number of nitrogens with zero attached hydrogens (tertiary/aromatic N) is 6. The quantitative estimate of drug-likeness (QED) is 0.337. The van der Waals surface area contributed by atoms with Gasteiger partial charge in [0.15, 0.2) is 0 Å². The molecule has 3 aromatic rings. The van der Waals surface area contributed by atoms with Gasteiger partial charge < -0.3 is 9.47 Å². The van der Waals surface area contributed by atoms with Crippen molar-refractivity contribution in [1.82, 2.24) is 28.5 Å². The molecule has 16 nitrogen and oxygen atoms in total. The van der Waals surface area contributed by atoms with E-state index in [0.717, 1.165) is 24.8 Å². The van der Waals surface area contributed by atoms with Crippen molar-refractivity contribution < 1.29 is 35.9 Å². The van der Waals surface area contributed by atoms with E-state index in [2.05, 4.69) is 30.6 Å². The Morgan fingerprint density at radius 3 is 1.29 bits per heavy atom. The molecule has 5 rings (SSSR count). The Hall–Kier alpha value is -3.94. The van der Waals surface area contributed by atoms with Crippen LogP contribution in [-0.4, -0.2) is 110 Å². The predicted molar refractivity (Wildman–Crippen MR) is 146 cm³/mol. The highest BCUT2D eigenvalue weighted by Gasteiger charge is 2.28. The highest BCUT2D eigenvalue weighted by Crippen LogP contribution is 2.19. The van der Waals surface area contributed by atoms with Crippen molar-refractivity contribution in [3.8, 4) is 0 Å². The standard InChI is InChI=1S/C24H26N8O8S2/c33-21(29-23-25-13-17(14-26-23)41(35,36)31-5-9-39-10-6-31)19-3-1-2-4-20(19)22(34)30-24-27-15-18(16-28-24)42(37,38)32-7-11-40-12-8-32/h1-4,13-16H,5-12H2,(H,25,26,29,33)(H,27,28,30,34). The molecule has 0 radical (unpaired) electrons. The van der Waals surface area contributed by atoms with Crippen LogP contribution in [0, 0.1) is 0 Å². The van der Waals surface area contributed by atoms with Crippen LogP contribution >= 0.6 is 0 Å². The van der Waals surface area contributed by atoms with Crippen LogP contribution in [0.25, 0.3) is 0 Å². The maximum atomic E-state index is 13.0. The average Bonchev–Trinajstić information content (AvgIpc) is 3.02. The lowest BCUT2D eigenvalue weighted by Crippen LogP contribution is -2.40. The molecule has 0 saturated carbocycles. The van der Waals surface area contributed by atoms with Crippen molar-refractivity contribution in [1.29, 1.82) is 0 Å². The predicted octanol–water partition coefficient (Wildman–Crippen LogP) is -0.187. The van der Waals surface area contributed by atoms with Gasteiger partial charge in [-0.05, 0) is 12.1 Å². The number of sulfonamides is 2. The third kappa shape index (κ3) is 6.42. The summed E-state index contributed by atoms with van der Waals surface area (Å²) in [4.78, 5) is 41.5. The molecule has 0 aliphatic carbocycles. The second-order valence-corrected chi connectivity index (χ2v) is 12.8. The van der Waals surface area contributed by atoms with Gasteiger partial charge in [0.25, 0.3) is 11.8 Å². The molecule has 0 unspecified atom stereocenters. The number of hydrogen-bond donors (Lipinski definition) is 2. The fourth-order valence-electron chi connectivity index (χ4n) is 4.12. The van der Waals surface area contributed by atoms with Gasteiger partial charge in [-0.1, -0.05) is 12.1 Å². The van der Waals surface area contributed by atoms with Gasteiger partial charge >= 0.3 is 0 Å². The van der Waals surface area contributed by atoms with Crippen molar-refractivity contribution in [3.05, 3.63) is 60.2 Å². The van der Waals surface area contributed by atoms with E-state index in [0.29, 0.717) is 0 Å². The minimum atomic E-state index is -3.81. The molecule has 0 bridgehead atoms. The van der Waals surface area contributed by atoms with Gasteiger partial charge in [0.1, 0.15) is 9.79 Å². The first kappa shape index (κ1) is 29.5. The van der Waals surface area contributed by atoms with Crippen LogP contribution in [0.1, 0.15) is 20.7 Å². The number of amides is 2. The first-order valence-electron chi connectivity index (χ1n) is 12.7. The lowest BCUT2D eigenvalue weighted by atomic mass is 10.1. The summed E-state index contributed by atoms with van der Waals surface area (Å²) >= 11 is 0. The first-order valence-corrected chi connectivity index (χ1v) is 15.6. The second kappa shape index (κ2) is 12.5. The van der Waals surface area contributed by atoms with E-state index in [4.69, 9.17) is 9.47 Å². The van der Waals surface area contributed by atoms with E-state index < -0.39 is 31.9 Å². The second-order valence-electron chi connectivity index (χ2n) is 8.97. The van der Waals surface area contributed by atoms with Gasteiger partial charge in [-0.25, -0.2) is 36.8 Å². The number of aromatic nitrogens is 4. The molecular formula is C24H26N8O8S2. The number of nitrogens with one attached hydrogen (secondary N) is 2. The zero-order chi connectivity index (χ0) is 29.7. The number of ether oxygens (including phenoxy) is 2. The minimum absolute atomic E-state index is 0.0323. The molecule has 222 valence electrons. The summed E-state index contributed by atoms with van der Waals surface area (Å²) < 4.78 is 64.0. The minimum Gasteiger partial charge on any atom is -0.379 e. The maximum absolute atomic E-state index is 13.0. The molecule has 2 amide bonds. The topological polar surface area (TPSA) is 203 Å². The highest BCUT2D eigenvalue weighted by atomic mass is 32.2. The van der Waals surface area contributed by atoms with Gasteiger partial charge in [0.2, 0.25) is 31.9 Å². The van der Waals surface area contributed by atoms with E-state index in [1.165, 1.54) is 20.7 Å². The normalized spacial score (nSPS) is 17.0. The molecule has 1 aromatic carbocycles. The van der Waals surface area contributed by atoms with Gasteiger partial charge in [0.05, 0.1) is 62.3 Å². The van der Waals surface area contributed by atoms with Crippen molar-refractivity contribution in [2.24, 2.45) is 0 Å². The number of anilines is 2. The Kier molecular flexibility index (Phi) is 8.80. The zero-order valence-corrected chi connectivity index (χ0v) is 23.7. The van der Waals surface area contributed by atoms with E-state index in [9.17, 15) is 26.4 Å². The molecule has 42 heavy (non-hydrogen) atoms. The highest BCUT2D eigenvalue weighted by molar-refractivity contribution is 7.89. The number of morpholine rings is 2. The molecule has 2 saturated heterocycles.